The van der Waals surface area contributed by atoms with Crippen molar-refractivity contribution in [2.45, 2.75) is 91.6 Å². The van der Waals surface area contributed by atoms with Gasteiger partial charge in [0.25, 0.3) is 0 Å². The van der Waals surface area contributed by atoms with Crippen LogP contribution in [0, 0.1) is 5.92 Å². The fraction of sp³-hybridized carbons (Fsp3) is 0.696. The maximum Gasteiger partial charge on any atom is 0.338 e. The van der Waals surface area contributed by atoms with Gasteiger partial charge in [-0.1, -0.05) is 59.3 Å². The number of carbonyl (C=O) groups is 1. The molecule has 0 N–H and O–H groups in total. The molecule has 3 heteroatoms. The SMILES string of the molecule is CCCCCCCCOc1ccc(C(=O)O[C@@H](C)CCCC(C)C)cc1. The van der Waals surface area contributed by atoms with Gasteiger partial charge >= 0.3 is 5.97 Å². The van der Waals surface area contributed by atoms with Gasteiger partial charge < -0.3 is 9.47 Å². The van der Waals surface area contributed by atoms with Crippen molar-refractivity contribution in [2.24, 2.45) is 5.92 Å². The van der Waals surface area contributed by atoms with E-state index in [1.165, 1.54) is 38.5 Å². The van der Waals surface area contributed by atoms with Crippen LogP contribution in [0.15, 0.2) is 24.3 Å². The molecule has 1 rings (SSSR count). The Hall–Kier alpha value is -1.51. The van der Waals surface area contributed by atoms with Crippen molar-refractivity contribution >= 4 is 5.97 Å². The molecule has 0 aliphatic heterocycles. The molecule has 0 aliphatic rings. The smallest absolute Gasteiger partial charge is 0.338 e. The average Bonchev–Trinajstić information content (AvgIpc) is 2.61. The number of rotatable bonds is 14. The number of unbranched alkanes of at least 4 members (excludes halogenated alkanes) is 5. The molecule has 0 aliphatic carbocycles. The van der Waals surface area contributed by atoms with Crippen LogP contribution in [0.4, 0.5) is 0 Å². The van der Waals surface area contributed by atoms with Gasteiger partial charge in [0.2, 0.25) is 0 Å². The van der Waals surface area contributed by atoms with Gasteiger partial charge in [-0.25, -0.2) is 4.79 Å². The zero-order valence-electron chi connectivity index (χ0n) is 17.3. The largest absolute Gasteiger partial charge is 0.494 e. The van der Waals surface area contributed by atoms with E-state index < -0.39 is 0 Å². The highest BCUT2D eigenvalue weighted by atomic mass is 16.5. The summed E-state index contributed by atoms with van der Waals surface area (Å²) in [7, 11) is 0. The molecule has 0 amide bonds. The number of esters is 1. The fourth-order valence-corrected chi connectivity index (χ4v) is 2.88. The van der Waals surface area contributed by atoms with Crippen molar-refractivity contribution in [3.8, 4) is 5.75 Å². The first-order valence-electron chi connectivity index (χ1n) is 10.5. The minimum absolute atomic E-state index is 0.0371. The van der Waals surface area contributed by atoms with Gasteiger partial charge in [-0.3, -0.25) is 0 Å². The van der Waals surface area contributed by atoms with E-state index in [1.54, 1.807) is 12.1 Å². The minimum Gasteiger partial charge on any atom is -0.494 e. The van der Waals surface area contributed by atoms with Gasteiger partial charge in [0, 0.05) is 0 Å². The molecule has 3 nitrogen and oxygen atoms in total. The van der Waals surface area contributed by atoms with Crippen LogP contribution in [0.1, 0.15) is 95.8 Å². The van der Waals surface area contributed by atoms with E-state index in [0.29, 0.717) is 11.5 Å². The van der Waals surface area contributed by atoms with Crippen molar-refractivity contribution in [3.05, 3.63) is 29.8 Å². The van der Waals surface area contributed by atoms with Crippen molar-refractivity contribution < 1.29 is 14.3 Å². The third-order valence-electron chi connectivity index (χ3n) is 4.56. The van der Waals surface area contributed by atoms with E-state index in [-0.39, 0.29) is 12.1 Å². The summed E-state index contributed by atoms with van der Waals surface area (Å²) in [6, 6.07) is 7.30. The Morgan fingerprint density at radius 3 is 2.19 bits per heavy atom. The summed E-state index contributed by atoms with van der Waals surface area (Å²) in [5.41, 5.74) is 0.590. The number of benzene rings is 1. The molecular weight excluding hydrogens is 324 g/mol. The Kier molecular flexibility index (Phi) is 11.8. The molecule has 0 fully saturated rings. The monoisotopic (exact) mass is 362 g/mol. The number of carbonyl (C=O) groups excluding carboxylic acids is 1. The Labute approximate surface area is 160 Å². The van der Waals surface area contributed by atoms with E-state index >= 15 is 0 Å². The summed E-state index contributed by atoms with van der Waals surface area (Å²) in [6.45, 7) is 9.37. The maximum atomic E-state index is 12.2. The Balaban J connectivity index is 2.25. The molecule has 1 aromatic rings. The molecule has 0 saturated heterocycles. The lowest BCUT2D eigenvalue weighted by atomic mass is 10.0. The van der Waals surface area contributed by atoms with Crippen molar-refractivity contribution in [1.29, 1.82) is 0 Å². The van der Waals surface area contributed by atoms with Gasteiger partial charge in [0.15, 0.2) is 0 Å². The molecule has 0 bridgehead atoms. The van der Waals surface area contributed by atoms with Crippen LogP contribution in [-0.4, -0.2) is 18.7 Å². The number of hydrogen-bond donors (Lipinski definition) is 0. The van der Waals surface area contributed by atoms with E-state index in [0.717, 1.165) is 31.6 Å². The first kappa shape index (κ1) is 22.5. The summed E-state index contributed by atoms with van der Waals surface area (Å²) in [4.78, 5) is 12.2. The molecule has 0 saturated carbocycles. The lowest BCUT2D eigenvalue weighted by Crippen LogP contribution is -2.15. The van der Waals surface area contributed by atoms with Crippen LogP contribution >= 0.6 is 0 Å². The van der Waals surface area contributed by atoms with Crippen LogP contribution in [-0.2, 0) is 4.74 Å². The molecule has 0 radical (unpaired) electrons. The second-order valence-corrected chi connectivity index (χ2v) is 7.68. The van der Waals surface area contributed by atoms with Crippen LogP contribution in [0.25, 0.3) is 0 Å². The highest BCUT2D eigenvalue weighted by Crippen LogP contribution is 2.16. The second kappa shape index (κ2) is 13.7. The third-order valence-corrected chi connectivity index (χ3v) is 4.56. The molecular formula is C23H38O3. The van der Waals surface area contributed by atoms with Crippen LogP contribution < -0.4 is 4.74 Å². The molecule has 148 valence electrons. The molecule has 0 spiro atoms. The standard InChI is InChI=1S/C23H38O3/c1-5-6-7-8-9-10-18-25-22-16-14-21(15-17-22)23(24)26-20(4)13-11-12-19(2)3/h14-17,19-20H,5-13,18H2,1-4H3/t20-/m0/s1. The van der Waals surface area contributed by atoms with Crippen LogP contribution in [0.5, 0.6) is 5.75 Å². The van der Waals surface area contributed by atoms with E-state index in [9.17, 15) is 4.79 Å². The lowest BCUT2D eigenvalue weighted by Gasteiger charge is -2.14. The predicted octanol–water partition coefficient (Wildman–Crippen LogP) is 6.80. The lowest BCUT2D eigenvalue weighted by molar-refractivity contribution is 0.0318. The number of hydrogen-bond acceptors (Lipinski definition) is 3. The van der Waals surface area contributed by atoms with E-state index in [1.807, 2.05) is 19.1 Å². The molecule has 26 heavy (non-hydrogen) atoms. The average molecular weight is 363 g/mol. The zero-order chi connectivity index (χ0) is 19.2. The summed E-state index contributed by atoms with van der Waals surface area (Å²) in [5.74, 6) is 1.27. The highest BCUT2D eigenvalue weighted by Gasteiger charge is 2.12. The van der Waals surface area contributed by atoms with Gasteiger partial charge in [0.1, 0.15) is 5.75 Å². The fourth-order valence-electron chi connectivity index (χ4n) is 2.88. The summed E-state index contributed by atoms with van der Waals surface area (Å²) < 4.78 is 11.3. The summed E-state index contributed by atoms with van der Waals surface area (Å²) in [5, 5.41) is 0. The van der Waals surface area contributed by atoms with Crippen LogP contribution in [0.2, 0.25) is 0 Å². The predicted molar refractivity (Wildman–Crippen MR) is 109 cm³/mol. The normalized spacial score (nSPS) is 12.2. The molecule has 0 unspecified atom stereocenters. The molecule has 1 atom stereocenters. The quantitative estimate of drug-likeness (QED) is 0.270. The summed E-state index contributed by atoms with van der Waals surface area (Å²) in [6.07, 6.45) is 10.7. The molecule has 0 heterocycles. The van der Waals surface area contributed by atoms with Crippen LogP contribution in [0.3, 0.4) is 0 Å². The number of ether oxygens (including phenoxy) is 2. The second-order valence-electron chi connectivity index (χ2n) is 7.68. The Bertz CT molecular complexity index is 479. The van der Waals surface area contributed by atoms with Crippen molar-refractivity contribution in [1.82, 2.24) is 0 Å². The van der Waals surface area contributed by atoms with E-state index in [4.69, 9.17) is 9.47 Å². The van der Waals surface area contributed by atoms with Crippen molar-refractivity contribution in [3.63, 3.8) is 0 Å². The molecule has 1 aromatic carbocycles. The van der Waals surface area contributed by atoms with Gasteiger partial charge in [-0.15, -0.1) is 0 Å². The topological polar surface area (TPSA) is 35.5 Å². The highest BCUT2D eigenvalue weighted by molar-refractivity contribution is 5.89. The first-order valence-corrected chi connectivity index (χ1v) is 10.5. The Morgan fingerprint density at radius 2 is 1.54 bits per heavy atom. The first-order chi connectivity index (χ1) is 12.5. The van der Waals surface area contributed by atoms with Gasteiger partial charge in [0.05, 0.1) is 18.3 Å². The third kappa shape index (κ3) is 10.5. The van der Waals surface area contributed by atoms with E-state index in [2.05, 4.69) is 20.8 Å². The Morgan fingerprint density at radius 1 is 0.885 bits per heavy atom. The minimum atomic E-state index is -0.246. The summed E-state index contributed by atoms with van der Waals surface area (Å²) >= 11 is 0. The zero-order valence-corrected chi connectivity index (χ0v) is 17.3. The van der Waals surface area contributed by atoms with Crippen molar-refractivity contribution in [2.75, 3.05) is 6.61 Å². The van der Waals surface area contributed by atoms with Gasteiger partial charge in [-0.2, -0.15) is 0 Å². The molecule has 0 aromatic heterocycles. The van der Waals surface area contributed by atoms with Gasteiger partial charge in [-0.05, 0) is 56.4 Å². The maximum absolute atomic E-state index is 12.2.